The first-order chi connectivity index (χ1) is 4.70. The van der Waals surface area contributed by atoms with Crippen LogP contribution in [0.1, 0.15) is 6.92 Å². The Kier molecular flexibility index (Phi) is 4.58. The second-order valence-corrected chi connectivity index (χ2v) is 1.96. The van der Waals surface area contributed by atoms with Crippen molar-refractivity contribution in [2.75, 3.05) is 13.2 Å². The monoisotopic (exact) mass is 145 g/mol. The third kappa shape index (κ3) is 4.09. The summed E-state index contributed by atoms with van der Waals surface area (Å²) in [6, 6.07) is 0. The van der Waals surface area contributed by atoms with Crippen LogP contribution in [0.3, 0.4) is 0 Å². The molecule has 2 nitrogen and oxygen atoms in total. The van der Waals surface area contributed by atoms with Crippen molar-refractivity contribution in [3.8, 4) is 0 Å². The summed E-state index contributed by atoms with van der Waals surface area (Å²) < 4.78 is 16.7. The first kappa shape index (κ1) is 9.17. The van der Waals surface area contributed by atoms with Crippen molar-refractivity contribution in [1.82, 2.24) is 0 Å². The minimum atomic E-state index is 0.184. The lowest BCUT2D eigenvalue weighted by molar-refractivity contribution is 0.241. The zero-order valence-corrected chi connectivity index (χ0v) is 6.06. The topological polar surface area (TPSA) is 35.2 Å². The van der Waals surface area contributed by atoms with Crippen LogP contribution in [-0.2, 0) is 4.74 Å². The molecule has 0 spiro atoms. The van der Waals surface area contributed by atoms with Gasteiger partial charge in [-0.3, -0.25) is 0 Å². The Bertz CT molecular complexity index is 143. The van der Waals surface area contributed by atoms with Crippen LogP contribution in [0.5, 0.6) is 0 Å². The number of ether oxygens (including phenoxy) is 1. The largest absolute Gasteiger partial charge is 0.494 e. The highest BCUT2D eigenvalue weighted by molar-refractivity contribution is 5.00. The van der Waals surface area contributed by atoms with Gasteiger partial charge in [-0.05, 0) is 6.92 Å². The molecule has 0 heterocycles. The van der Waals surface area contributed by atoms with E-state index in [-0.39, 0.29) is 13.2 Å². The normalized spacial score (nSPS) is 11.3. The van der Waals surface area contributed by atoms with Gasteiger partial charge in [-0.15, -0.1) is 0 Å². The summed E-state index contributed by atoms with van der Waals surface area (Å²) in [5.41, 5.74) is 5.58. The van der Waals surface area contributed by atoms with Gasteiger partial charge < -0.3 is 10.5 Å². The molecule has 0 atom stereocenters. The molecule has 0 aromatic rings. The Morgan fingerprint density at radius 1 is 1.80 bits per heavy atom. The Labute approximate surface area is 60.2 Å². The molecule has 0 aromatic carbocycles. The van der Waals surface area contributed by atoms with Crippen molar-refractivity contribution in [2.24, 2.45) is 5.73 Å². The molecule has 0 fully saturated rings. The Morgan fingerprint density at radius 2 is 2.40 bits per heavy atom. The standard InChI is InChI=1S/C7H12FNO/c1-6(2)10-5-7(3-8)4-9/h3H,1,4-5,9H2,2H3/b7-3+. The van der Waals surface area contributed by atoms with Crippen LogP contribution in [0.4, 0.5) is 4.39 Å². The highest BCUT2D eigenvalue weighted by Gasteiger charge is 1.93. The van der Waals surface area contributed by atoms with E-state index >= 15 is 0 Å². The van der Waals surface area contributed by atoms with Gasteiger partial charge in [-0.2, -0.15) is 0 Å². The lowest BCUT2D eigenvalue weighted by Gasteiger charge is -2.04. The van der Waals surface area contributed by atoms with E-state index in [1.807, 2.05) is 0 Å². The fraction of sp³-hybridized carbons (Fsp3) is 0.429. The second kappa shape index (κ2) is 4.99. The summed E-state index contributed by atoms with van der Waals surface area (Å²) in [6.07, 6.45) is 0.461. The molecule has 0 bridgehead atoms. The highest BCUT2D eigenvalue weighted by atomic mass is 19.1. The Hall–Kier alpha value is -0.830. The number of halogens is 1. The first-order valence-electron chi connectivity index (χ1n) is 2.97. The second-order valence-electron chi connectivity index (χ2n) is 1.96. The van der Waals surface area contributed by atoms with Crippen LogP contribution < -0.4 is 5.73 Å². The summed E-state index contributed by atoms with van der Waals surface area (Å²) in [5, 5.41) is 0. The molecule has 0 radical (unpaired) electrons. The van der Waals surface area contributed by atoms with E-state index in [0.717, 1.165) is 0 Å². The molecule has 0 saturated heterocycles. The highest BCUT2D eigenvalue weighted by Crippen LogP contribution is 1.97. The molecule has 0 aliphatic rings. The molecule has 0 amide bonds. The summed E-state index contributed by atoms with van der Waals surface area (Å²) >= 11 is 0. The van der Waals surface area contributed by atoms with Gasteiger partial charge >= 0.3 is 0 Å². The molecule has 0 saturated carbocycles. The minimum Gasteiger partial charge on any atom is -0.494 e. The fourth-order valence-electron chi connectivity index (χ4n) is 0.351. The van der Waals surface area contributed by atoms with E-state index in [4.69, 9.17) is 10.5 Å². The van der Waals surface area contributed by atoms with Crippen LogP contribution in [0, 0.1) is 0 Å². The molecule has 0 aliphatic heterocycles. The zero-order chi connectivity index (χ0) is 7.98. The van der Waals surface area contributed by atoms with Gasteiger partial charge in [-0.1, -0.05) is 6.58 Å². The molecule has 0 rings (SSSR count). The predicted octanol–water partition coefficient (Wildman–Crippen LogP) is 1.35. The molecule has 0 aromatic heterocycles. The van der Waals surface area contributed by atoms with Crippen molar-refractivity contribution in [3.63, 3.8) is 0 Å². The number of hydrogen-bond acceptors (Lipinski definition) is 2. The van der Waals surface area contributed by atoms with Crippen molar-refractivity contribution < 1.29 is 9.13 Å². The summed E-state index contributed by atoms with van der Waals surface area (Å²) in [5.74, 6) is 0.563. The van der Waals surface area contributed by atoms with Gasteiger partial charge in [0, 0.05) is 12.1 Å². The van der Waals surface area contributed by atoms with E-state index in [1.165, 1.54) is 0 Å². The number of rotatable bonds is 4. The summed E-state index contributed by atoms with van der Waals surface area (Å²) in [4.78, 5) is 0. The fourth-order valence-corrected chi connectivity index (χ4v) is 0.351. The lowest BCUT2D eigenvalue weighted by Crippen LogP contribution is -2.07. The van der Waals surface area contributed by atoms with Crippen LogP contribution in [0.15, 0.2) is 24.2 Å². The molecule has 58 valence electrons. The quantitative estimate of drug-likeness (QED) is 0.606. The molecular formula is C7H12FNO. The van der Waals surface area contributed by atoms with Crippen molar-refractivity contribution >= 4 is 0 Å². The van der Waals surface area contributed by atoms with Crippen LogP contribution in [-0.4, -0.2) is 13.2 Å². The maximum absolute atomic E-state index is 11.8. The van der Waals surface area contributed by atoms with E-state index in [1.54, 1.807) is 6.92 Å². The van der Waals surface area contributed by atoms with Crippen LogP contribution in [0.2, 0.25) is 0 Å². The molecule has 2 N–H and O–H groups in total. The van der Waals surface area contributed by atoms with Crippen molar-refractivity contribution in [1.29, 1.82) is 0 Å². The molecule has 0 aliphatic carbocycles. The molecular weight excluding hydrogens is 133 g/mol. The predicted molar refractivity (Wildman–Crippen MR) is 39.0 cm³/mol. The van der Waals surface area contributed by atoms with Gasteiger partial charge in [0.1, 0.15) is 6.61 Å². The van der Waals surface area contributed by atoms with Gasteiger partial charge in [-0.25, -0.2) is 4.39 Å². The molecule has 0 unspecified atom stereocenters. The third-order valence-electron chi connectivity index (χ3n) is 0.920. The van der Waals surface area contributed by atoms with E-state index in [9.17, 15) is 4.39 Å². The van der Waals surface area contributed by atoms with Gasteiger partial charge in [0.2, 0.25) is 0 Å². The zero-order valence-electron chi connectivity index (χ0n) is 6.06. The maximum atomic E-state index is 11.8. The smallest absolute Gasteiger partial charge is 0.113 e. The van der Waals surface area contributed by atoms with Crippen molar-refractivity contribution in [3.05, 3.63) is 24.2 Å². The minimum absolute atomic E-state index is 0.184. The van der Waals surface area contributed by atoms with E-state index in [0.29, 0.717) is 17.7 Å². The first-order valence-corrected chi connectivity index (χ1v) is 2.97. The average Bonchev–Trinajstić information content (AvgIpc) is 1.90. The Balaban J connectivity index is 3.56. The molecule has 10 heavy (non-hydrogen) atoms. The molecule has 3 heteroatoms. The van der Waals surface area contributed by atoms with E-state index < -0.39 is 0 Å². The van der Waals surface area contributed by atoms with Gasteiger partial charge in [0.25, 0.3) is 0 Å². The Morgan fingerprint density at radius 3 is 2.70 bits per heavy atom. The maximum Gasteiger partial charge on any atom is 0.113 e. The number of hydrogen-bond donors (Lipinski definition) is 1. The van der Waals surface area contributed by atoms with Crippen molar-refractivity contribution in [2.45, 2.75) is 6.92 Å². The van der Waals surface area contributed by atoms with E-state index in [2.05, 4.69) is 6.58 Å². The van der Waals surface area contributed by atoms with Crippen LogP contribution in [0.25, 0.3) is 0 Å². The SMILES string of the molecule is C=C(C)OC/C(=C/F)CN. The third-order valence-corrected chi connectivity index (χ3v) is 0.920. The summed E-state index contributed by atoms with van der Waals surface area (Å²) in [6.45, 7) is 5.56. The average molecular weight is 145 g/mol. The summed E-state index contributed by atoms with van der Waals surface area (Å²) in [7, 11) is 0. The van der Waals surface area contributed by atoms with Gasteiger partial charge in [0.05, 0.1) is 12.1 Å². The number of allylic oxidation sites excluding steroid dienone is 1. The number of nitrogens with two attached hydrogens (primary N) is 1. The van der Waals surface area contributed by atoms with Crippen LogP contribution >= 0.6 is 0 Å². The lowest BCUT2D eigenvalue weighted by atomic mass is 10.3. The van der Waals surface area contributed by atoms with Gasteiger partial charge in [0.15, 0.2) is 0 Å².